The van der Waals surface area contributed by atoms with Gasteiger partial charge in [0.1, 0.15) is 0 Å². The van der Waals surface area contributed by atoms with Crippen LogP contribution in [0, 0.1) is 0 Å². The average molecular weight is 225 g/mol. The second-order valence-corrected chi connectivity index (χ2v) is 3.80. The molecule has 0 atom stereocenters. The summed E-state index contributed by atoms with van der Waals surface area (Å²) in [5.41, 5.74) is 1.97. The number of aromatic nitrogens is 4. The Labute approximate surface area is 93.5 Å². The van der Waals surface area contributed by atoms with Crippen LogP contribution in [0.4, 0.5) is 0 Å². The van der Waals surface area contributed by atoms with E-state index in [1.807, 2.05) is 22.5 Å². The summed E-state index contributed by atoms with van der Waals surface area (Å²) in [6, 6.07) is 0. The quantitative estimate of drug-likeness (QED) is 0.798. The van der Waals surface area contributed by atoms with Crippen molar-refractivity contribution in [1.82, 2.24) is 19.3 Å². The van der Waals surface area contributed by atoms with Crippen LogP contribution in [0.25, 0.3) is 0 Å². The molecule has 0 aromatic carbocycles. The third kappa shape index (κ3) is 1.90. The number of imidazole rings is 1. The zero-order valence-electron chi connectivity index (χ0n) is 8.81. The van der Waals surface area contributed by atoms with Crippen LogP contribution in [0.3, 0.4) is 0 Å². The van der Waals surface area contributed by atoms with E-state index < -0.39 is 0 Å². The molecule has 0 aliphatic heterocycles. The number of hydrogen-bond donors (Lipinski definition) is 0. The Bertz CT molecular complexity index is 444. The van der Waals surface area contributed by atoms with Crippen molar-refractivity contribution in [1.29, 1.82) is 0 Å². The maximum absolute atomic E-state index is 6.23. The predicted octanol–water partition coefficient (Wildman–Crippen LogP) is 1.88. The topological polar surface area (TPSA) is 35.6 Å². The summed E-state index contributed by atoms with van der Waals surface area (Å²) in [4.78, 5) is 3.99. The average Bonchev–Trinajstić information content (AvgIpc) is 2.81. The molecule has 0 amide bonds. The molecule has 0 bridgehead atoms. The van der Waals surface area contributed by atoms with E-state index in [4.69, 9.17) is 11.6 Å². The molecule has 2 aromatic heterocycles. The summed E-state index contributed by atoms with van der Waals surface area (Å²) < 4.78 is 3.81. The molecule has 2 rings (SSSR count). The molecule has 5 heteroatoms. The third-order valence-corrected chi connectivity index (χ3v) is 2.83. The minimum Gasteiger partial charge on any atom is -0.331 e. The predicted molar refractivity (Wildman–Crippen MR) is 58.9 cm³/mol. The van der Waals surface area contributed by atoms with E-state index in [2.05, 4.69) is 17.0 Å². The van der Waals surface area contributed by atoms with Crippen molar-refractivity contribution in [2.75, 3.05) is 0 Å². The molecular weight excluding hydrogens is 212 g/mol. The summed E-state index contributed by atoms with van der Waals surface area (Å²) >= 11 is 6.23. The van der Waals surface area contributed by atoms with Crippen molar-refractivity contribution >= 4 is 11.6 Å². The highest BCUT2D eigenvalue weighted by molar-refractivity contribution is 6.31. The normalized spacial score (nSPS) is 10.9. The highest BCUT2D eigenvalue weighted by Crippen LogP contribution is 2.21. The van der Waals surface area contributed by atoms with Crippen LogP contribution >= 0.6 is 11.6 Å². The molecule has 0 unspecified atom stereocenters. The van der Waals surface area contributed by atoms with Crippen LogP contribution in [0.1, 0.15) is 18.3 Å². The zero-order valence-corrected chi connectivity index (χ0v) is 9.57. The number of hydrogen-bond acceptors (Lipinski definition) is 2. The molecule has 0 radical (unpaired) electrons. The summed E-state index contributed by atoms with van der Waals surface area (Å²) in [6.07, 6.45) is 6.30. The van der Waals surface area contributed by atoms with Gasteiger partial charge in [0, 0.05) is 19.4 Å². The molecule has 0 aliphatic rings. The SMILES string of the molecule is CCc1nn(C)c(Cn2ccnc2)c1Cl. The molecule has 0 aliphatic carbocycles. The minimum atomic E-state index is 0.711. The first-order chi connectivity index (χ1) is 7.22. The van der Waals surface area contributed by atoms with Gasteiger partial charge >= 0.3 is 0 Å². The van der Waals surface area contributed by atoms with Crippen molar-refractivity contribution in [3.8, 4) is 0 Å². The van der Waals surface area contributed by atoms with Crippen molar-refractivity contribution in [2.24, 2.45) is 7.05 Å². The van der Waals surface area contributed by atoms with Crippen LogP contribution in [-0.4, -0.2) is 19.3 Å². The number of halogens is 1. The Morgan fingerprint density at radius 3 is 2.80 bits per heavy atom. The molecule has 15 heavy (non-hydrogen) atoms. The van der Waals surface area contributed by atoms with Gasteiger partial charge < -0.3 is 4.57 Å². The molecule has 0 spiro atoms. The van der Waals surface area contributed by atoms with E-state index in [1.165, 1.54) is 0 Å². The summed E-state index contributed by atoms with van der Waals surface area (Å²) in [6.45, 7) is 2.76. The Kier molecular flexibility index (Phi) is 2.77. The highest BCUT2D eigenvalue weighted by Gasteiger charge is 2.12. The van der Waals surface area contributed by atoms with Gasteiger partial charge in [0.2, 0.25) is 0 Å². The minimum absolute atomic E-state index is 0.711. The molecule has 0 saturated heterocycles. The first-order valence-corrected chi connectivity index (χ1v) is 5.26. The lowest BCUT2D eigenvalue weighted by Gasteiger charge is -2.03. The smallest absolute Gasteiger partial charge is 0.0949 e. The van der Waals surface area contributed by atoms with Crippen molar-refractivity contribution in [2.45, 2.75) is 19.9 Å². The maximum Gasteiger partial charge on any atom is 0.0949 e. The lowest BCUT2D eigenvalue weighted by molar-refractivity contribution is 0.660. The fourth-order valence-corrected chi connectivity index (χ4v) is 1.90. The third-order valence-electron chi connectivity index (χ3n) is 2.39. The number of nitrogens with zero attached hydrogens (tertiary/aromatic N) is 4. The van der Waals surface area contributed by atoms with E-state index in [-0.39, 0.29) is 0 Å². The summed E-state index contributed by atoms with van der Waals surface area (Å²) in [5.74, 6) is 0. The summed E-state index contributed by atoms with van der Waals surface area (Å²) in [7, 11) is 1.91. The number of rotatable bonds is 3. The molecule has 2 heterocycles. The largest absolute Gasteiger partial charge is 0.331 e. The Hall–Kier alpha value is -1.29. The van der Waals surface area contributed by atoms with Crippen molar-refractivity contribution in [3.05, 3.63) is 35.1 Å². The van der Waals surface area contributed by atoms with Gasteiger partial charge in [0.05, 0.1) is 29.3 Å². The van der Waals surface area contributed by atoms with E-state index in [1.54, 1.807) is 12.5 Å². The van der Waals surface area contributed by atoms with Gasteiger partial charge in [0.15, 0.2) is 0 Å². The second kappa shape index (κ2) is 4.06. The van der Waals surface area contributed by atoms with Crippen LogP contribution in [0.5, 0.6) is 0 Å². The van der Waals surface area contributed by atoms with E-state index in [0.29, 0.717) is 6.54 Å². The van der Waals surface area contributed by atoms with E-state index in [0.717, 1.165) is 22.8 Å². The van der Waals surface area contributed by atoms with Crippen molar-refractivity contribution < 1.29 is 0 Å². The van der Waals surface area contributed by atoms with Gasteiger partial charge in [-0.2, -0.15) is 5.10 Å². The molecule has 4 nitrogen and oxygen atoms in total. The van der Waals surface area contributed by atoms with E-state index >= 15 is 0 Å². The molecule has 0 fully saturated rings. The first-order valence-electron chi connectivity index (χ1n) is 4.88. The van der Waals surface area contributed by atoms with Gasteiger partial charge in [-0.1, -0.05) is 18.5 Å². The maximum atomic E-state index is 6.23. The fraction of sp³-hybridized carbons (Fsp3) is 0.400. The van der Waals surface area contributed by atoms with Gasteiger partial charge in [-0.15, -0.1) is 0 Å². The highest BCUT2D eigenvalue weighted by atomic mass is 35.5. The standard InChI is InChI=1S/C10H13ClN4/c1-3-8-10(11)9(14(2)13-8)6-15-5-4-12-7-15/h4-5,7H,3,6H2,1-2H3. The van der Waals surface area contributed by atoms with Crippen LogP contribution in [-0.2, 0) is 20.0 Å². The Balaban J connectivity index is 2.32. The van der Waals surface area contributed by atoms with Gasteiger partial charge in [-0.3, -0.25) is 4.68 Å². The second-order valence-electron chi connectivity index (χ2n) is 3.42. The van der Waals surface area contributed by atoms with E-state index in [9.17, 15) is 0 Å². The Morgan fingerprint density at radius 1 is 1.47 bits per heavy atom. The fourth-order valence-electron chi connectivity index (χ4n) is 1.54. The lowest BCUT2D eigenvalue weighted by Crippen LogP contribution is -2.04. The van der Waals surface area contributed by atoms with Crippen LogP contribution in [0.2, 0.25) is 5.02 Å². The van der Waals surface area contributed by atoms with Gasteiger partial charge in [-0.25, -0.2) is 4.98 Å². The summed E-state index contributed by atoms with van der Waals surface area (Å²) in [5, 5.41) is 5.13. The molecule has 2 aromatic rings. The van der Waals surface area contributed by atoms with Crippen molar-refractivity contribution in [3.63, 3.8) is 0 Å². The molecular formula is C10H13ClN4. The van der Waals surface area contributed by atoms with Gasteiger partial charge in [-0.05, 0) is 6.42 Å². The zero-order chi connectivity index (χ0) is 10.8. The Morgan fingerprint density at radius 2 is 2.27 bits per heavy atom. The number of aryl methyl sites for hydroxylation is 2. The molecule has 0 N–H and O–H groups in total. The monoisotopic (exact) mass is 224 g/mol. The molecule has 0 saturated carbocycles. The van der Waals surface area contributed by atoms with Gasteiger partial charge in [0.25, 0.3) is 0 Å². The molecule has 80 valence electrons. The van der Waals surface area contributed by atoms with Crippen LogP contribution in [0.15, 0.2) is 18.7 Å². The lowest BCUT2D eigenvalue weighted by atomic mass is 10.3. The van der Waals surface area contributed by atoms with Crippen LogP contribution < -0.4 is 0 Å². The first kappa shape index (κ1) is 10.2.